The first-order valence-corrected chi connectivity index (χ1v) is 6.93. The lowest BCUT2D eigenvalue weighted by molar-refractivity contribution is 0.579. The third-order valence-corrected chi connectivity index (χ3v) is 3.89. The Hall–Kier alpha value is -1.92. The van der Waals surface area contributed by atoms with E-state index < -0.39 is 0 Å². The van der Waals surface area contributed by atoms with E-state index in [1.165, 1.54) is 4.88 Å². The maximum absolute atomic E-state index is 11.2. The molecule has 0 spiro atoms. The summed E-state index contributed by atoms with van der Waals surface area (Å²) >= 11 is 1.64. The molecule has 1 atom stereocenters. The maximum atomic E-state index is 11.2. The first-order chi connectivity index (χ1) is 9.22. The van der Waals surface area contributed by atoms with Crippen LogP contribution in [0.15, 0.2) is 34.7 Å². The van der Waals surface area contributed by atoms with Crippen LogP contribution in [0.4, 0.5) is 0 Å². The van der Waals surface area contributed by atoms with Crippen LogP contribution < -0.4 is 11.0 Å². The molecule has 0 aliphatic carbocycles. The van der Waals surface area contributed by atoms with Crippen molar-refractivity contribution in [1.82, 2.24) is 20.3 Å². The Balaban J connectivity index is 1.77. The zero-order valence-electron chi connectivity index (χ0n) is 10.4. The molecule has 0 amide bonds. The second kappa shape index (κ2) is 4.99. The van der Waals surface area contributed by atoms with E-state index in [4.69, 9.17) is 0 Å². The van der Waals surface area contributed by atoms with Gasteiger partial charge in [-0.3, -0.25) is 4.98 Å². The van der Waals surface area contributed by atoms with E-state index in [0.29, 0.717) is 0 Å². The van der Waals surface area contributed by atoms with Gasteiger partial charge in [0.1, 0.15) is 0 Å². The first kappa shape index (κ1) is 12.1. The van der Waals surface area contributed by atoms with E-state index in [0.717, 1.165) is 23.1 Å². The van der Waals surface area contributed by atoms with Gasteiger partial charge in [0, 0.05) is 23.7 Å². The largest absolute Gasteiger partial charge is 0.323 e. The number of nitrogens with one attached hydrogen (secondary N) is 3. The average Bonchev–Trinajstić information content (AvgIpc) is 3.02. The first-order valence-electron chi connectivity index (χ1n) is 6.05. The molecule has 0 saturated carbocycles. The van der Waals surface area contributed by atoms with Crippen LogP contribution in [0.1, 0.15) is 23.4 Å². The van der Waals surface area contributed by atoms with Gasteiger partial charge in [0.25, 0.3) is 0 Å². The van der Waals surface area contributed by atoms with Gasteiger partial charge in [0.2, 0.25) is 0 Å². The van der Waals surface area contributed by atoms with Crippen molar-refractivity contribution in [3.63, 3.8) is 0 Å². The van der Waals surface area contributed by atoms with Crippen LogP contribution in [0.2, 0.25) is 0 Å². The Kier molecular flexibility index (Phi) is 3.18. The maximum Gasteiger partial charge on any atom is 0.323 e. The highest BCUT2D eigenvalue weighted by Crippen LogP contribution is 2.17. The Labute approximate surface area is 113 Å². The highest BCUT2D eigenvalue weighted by molar-refractivity contribution is 7.09. The molecule has 0 radical (unpaired) electrons. The zero-order chi connectivity index (χ0) is 13.2. The number of thiazole rings is 1. The average molecular weight is 274 g/mol. The second-order valence-electron chi connectivity index (χ2n) is 4.45. The number of nitrogens with zero attached hydrogens (tertiary/aromatic N) is 1. The van der Waals surface area contributed by atoms with Crippen molar-refractivity contribution in [1.29, 1.82) is 0 Å². The lowest BCUT2D eigenvalue weighted by Gasteiger charge is -2.13. The number of H-pyrrole nitrogens is 2. The van der Waals surface area contributed by atoms with E-state index in [1.807, 2.05) is 29.9 Å². The lowest BCUT2D eigenvalue weighted by Crippen LogP contribution is -2.17. The van der Waals surface area contributed by atoms with Crippen LogP contribution in [-0.2, 0) is 6.54 Å². The number of aromatic amines is 2. The monoisotopic (exact) mass is 274 g/mol. The fraction of sp³-hybridized carbons (Fsp3) is 0.231. The van der Waals surface area contributed by atoms with E-state index in [2.05, 4.69) is 27.2 Å². The summed E-state index contributed by atoms with van der Waals surface area (Å²) in [6, 6.07) is 6.16. The third kappa shape index (κ3) is 2.59. The number of imidazole rings is 1. The molecule has 2 aromatic heterocycles. The molecule has 0 saturated heterocycles. The fourth-order valence-electron chi connectivity index (χ4n) is 2.02. The summed E-state index contributed by atoms with van der Waals surface area (Å²) in [7, 11) is 0. The molecule has 1 unspecified atom stereocenters. The lowest BCUT2D eigenvalue weighted by atomic mass is 10.1. The molecule has 3 N–H and O–H groups in total. The van der Waals surface area contributed by atoms with Crippen LogP contribution in [0.3, 0.4) is 0 Å². The van der Waals surface area contributed by atoms with Crippen LogP contribution in [0.25, 0.3) is 11.0 Å². The minimum absolute atomic E-state index is 0.169. The van der Waals surface area contributed by atoms with Crippen molar-refractivity contribution < 1.29 is 0 Å². The van der Waals surface area contributed by atoms with Crippen LogP contribution >= 0.6 is 11.3 Å². The summed E-state index contributed by atoms with van der Waals surface area (Å²) in [6.07, 6.45) is 1.87. The van der Waals surface area contributed by atoms with Crippen LogP contribution in [0.5, 0.6) is 0 Å². The van der Waals surface area contributed by atoms with Crippen molar-refractivity contribution in [2.75, 3.05) is 0 Å². The standard InChI is InChI=1S/C13H14N4OS/c1-8(15-6-10-5-14-7-19-10)9-2-3-11-12(4-9)17-13(18)16-11/h2-5,7-8,15H,6H2,1H3,(H2,16,17,18). The van der Waals surface area contributed by atoms with Crippen molar-refractivity contribution >= 4 is 22.4 Å². The topological polar surface area (TPSA) is 73.6 Å². The molecule has 5 nitrogen and oxygen atoms in total. The molecule has 3 aromatic rings. The van der Waals surface area contributed by atoms with Gasteiger partial charge in [-0.05, 0) is 24.6 Å². The van der Waals surface area contributed by atoms with Gasteiger partial charge in [-0.15, -0.1) is 11.3 Å². The van der Waals surface area contributed by atoms with Crippen molar-refractivity contribution in [3.05, 3.63) is 50.8 Å². The van der Waals surface area contributed by atoms with Gasteiger partial charge in [-0.1, -0.05) is 6.07 Å². The molecular weight excluding hydrogens is 260 g/mol. The molecule has 2 heterocycles. The van der Waals surface area contributed by atoms with Crippen LogP contribution in [-0.4, -0.2) is 15.0 Å². The number of hydrogen-bond donors (Lipinski definition) is 3. The quantitative estimate of drug-likeness (QED) is 0.682. The third-order valence-electron chi connectivity index (χ3n) is 3.11. The van der Waals surface area contributed by atoms with Gasteiger partial charge in [-0.2, -0.15) is 0 Å². The van der Waals surface area contributed by atoms with Crippen molar-refractivity contribution in [3.8, 4) is 0 Å². The number of fused-ring (bicyclic) bond motifs is 1. The van der Waals surface area contributed by atoms with E-state index in [1.54, 1.807) is 11.3 Å². The Bertz CT molecular complexity index is 729. The summed E-state index contributed by atoms with van der Waals surface area (Å²) in [5.41, 5.74) is 4.49. The van der Waals surface area contributed by atoms with Crippen molar-refractivity contribution in [2.45, 2.75) is 19.5 Å². The Morgan fingerprint density at radius 3 is 3.00 bits per heavy atom. The summed E-state index contributed by atoms with van der Waals surface area (Å²) in [5, 5.41) is 3.44. The predicted molar refractivity (Wildman–Crippen MR) is 76.3 cm³/mol. The normalized spacial score (nSPS) is 12.9. The Morgan fingerprint density at radius 1 is 1.37 bits per heavy atom. The molecule has 6 heteroatoms. The number of aromatic nitrogens is 3. The number of hydrogen-bond acceptors (Lipinski definition) is 4. The molecule has 19 heavy (non-hydrogen) atoms. The zero-order valence-corrected chi connectivity index (χ0v) is 11.3. The fourth-order valence-corrected chi connectivity index (χ4v) is 2.57. The molecule has 1 aromatic carbocycles. The SMILES string of the molecule is CC(NCc1cncs1)c1ccc2[nH]c(=O)[nH]c2c1. The van der Waals surface area contributed by atoms with Gasteiger partial charge < -0.3 is 15.3 Å². The number of benzene rings is 1. The highest BCUT2D eigenvalue weighted by Gasteiger charge is 2.07. The predicted octanol–water partition coefficient (Wildman–Crippen LogP) is 2.16. The molecule has 0 aliphatic heterocycles. The molecular formula is C13H14N4OS. The number of rotatable bonds is 4. The Morgan fingerprint density at radius 2 is 2.21 bits per heavy atom. The molecule has 0 fully saturated rings. The summed E-state index contributed by atoms with van der Waals surface area (Å²) in [6.45, 7) is 2.90. The van der Waals surface area contributed by atoms with Gasteiger partial charge in [-0.25, -0.2) is 4.79 Å². The molecule has 3 rings (SSSR count). The molecule has 0 aliphatic rings. The van der Waals surface area contributed by atoms with E-state index in [-0.39, 0.29) is 11.7 Å². The van der Waals surface area contributed by atoms with Crippen LogP contribution in [0, 0.1) is 0 Å². The van der Waals surface area contributed by atoms with E-state index >= 15 is 0 Å². The van der Waals surface area contributed by atoms with Gasteiger partial charge in [0.15, 0.2) is 0 Å². The summed E-state index contributed by atoms with van der Waals surface area (Å²) in [5.74, 6) is 0. The molecule has 0 bridgehead atoms. The smallest absolute Gasteiger partial charge is 0.306 e. The van der Waals surface area contributed by atoms with E-state index in [9.17, 15) is 4.79 Å². The molecule has 98 valence electrons. The second-order valence-corrected chi connectivity index (χ2v) is 5.43. The minimum atomic E-state index is -0.169. The van der Waals surface area contributed by atoms with Gasteiger partial charge >= 0.3 is 5.69 Å². The highest BCUT2D eigenvalue weighted by atomic mass is 32.1. The summed E-state index contributed by atoms with van der Waals surface area (Å²) in [4.78, 5) is 22.0. The summed E-state index contributed by atoms with van der Waals surface area (Å²) < 4.78 is 0. The van der Waals surface area contributed by atoms with Gasteiger partial charge in [0.05, 0.1) is 16.5 Å². The van der Waals surface area contributed by atoms with Crippen molar-refractivity contribution in [2.24, 2.45) is 0 Å². The minimum Gasteiger partial charge on any atom is -0.306 e.